The van der Waals surface area contributed by atoms with Gasteiger partial charge in [-0.2, -0.15) is 0 Å². The summed E-state index contributed by atoms with van der Waals surface area (Å²) in [4.78, 5) is 0. The third kappa shape index (κ3) is 10.6. The Kier molecular flexibility index (Phi) is 452. The molecule has 0 aliphatic heterocycles. The van der Waals surface area contributed by atoms with E-state index in [0.29, 0.717) is 0 Å². The summed E-state index contributed by atoms with van der Waals surface area (Å²) >= 11 is 0. The molecular formula is H7CrMnNSi. The largest absolute Gasteiger partial charge is 0.344 e. The zero-order chi connectivity index (χ0) is 0. The fourth-order valence-corrected chi connectivity index (χ4v) is 0. The maximum absolute atomic E-state index is 0. The molecule has 0 saturated carbocycles. The molecule has 0 unspecified atom stereocenters. The second kappa shape index (κ2) is 29.2. The van der Waals surface area contributed by atoms with E-state index in [0.717, 1.165) is 0 Å². The van der Waals surface area contributed by atoms with Gasteiger partial charge in [-0.05, 0) is 11.0 Å². The minimum absolute atomic E-state index is 0. The van der Waals surface area contributed by atoms with Crippen molar-refractivity contribution in [3.05, 3.63) is 0 Å². The number of hydrogen-bond donors (Lipinski definition) is 1. The van der Waals surface area contributed by atoms with Gasteiger partial charge in [0.15, 0.2) is 0 Å². The molecule has 0 atom stereocenters. The normalized spacial score (nSPS) is 0. The third-order valence-corrected chi connectivity index (χ3v) is 0. The molecule has 0 spiro atoms. The molecule has 0 aromatic rings. The topological polar surface area (TPSA) is 35.0 Å². The molecule has 1 radical (unpaired) electrons. The van der Waals surface area contributed by atoms with Crippen molar-refractivity contribution in [2.45, 2.75) is 0 Å². The summed E-state index contributed by atoms with van der Waals surface area (Å²) in [5.41, 5.74) is 0. The maximum atomic E-state index is 0. The smallest absolute Gasteiger partial charge is 0 e. The van der Waals surface area contributed by atoms with Crippen LogP contribution in [0.1, 0.15) is 0 Å². The van der Waals surface area contributed by atoms with Gasteiger partial charge in [-0.25, -0.2) is 0 Å². The Balaban J connectivity index is 0. The van der Waals surface area contributed by atoms with E-state index in [1.54, 1.807) is 0 Å². The van der Waals surface area contributed by atoms with Crippen molar-refractivity contribution in [3.63, 3.8) is 0 Å². The Morgan fingerprint density at radius 3 is 1.00 bits per heavy atom. The Labute approximate surface area is 51.7 Å². The second-order valence-electron chi connectivity index (χ2n) is 0. The van der Waals surface area contributed by atoms with Crippen molar-refractivity contribution >= 4 is 11.0 Å². The summed E-state index contributed by atoms with van der Waals surface area (Å²) < 4.78 is 0. The first kappa shape index (κ1) is 61.9. The molecule has 0 amide bonds. The van der Waals surface area contributed by atoms with Crippen LogP contribution < -0.4 is 6.15 Å². The zero-order valence-corrected chi connectivity index (χ0v) is 3.95. The van der Waals surface area contributed by atoms with Gasteiger partial charge < -0.3 is 6.15 Å². The van der Waals surface area contributed by atoms with Crippen LogP contribution in [0.15, 0.2) is 0 Å². The van der Waals surface area contributed by atoms with Crippen molar-refractivity contribution in [3.8, 4) is 0 Å². The van der Waals surface area contributed by atoms with Crippen LogP contribution >= 0.6 is 0 Å². The van der Waals surface area contributed by atoms with Crippen molar-refractivity contribution in [1.82, 2.24) is 6.15 Å². The third-order valence-electron chi connectivity index (χ3n) is 0. The number of hydrogen-bond acceptors (Lipinski definition) is 1. The molecule has 29 valence electrons. The van der Waals surface area contributed by atoms with E-state index in [2.05, 4.69) is 0 Å². The van der Waals surface area contributed by atoms with Crippen LogP contribution in [0.3, 0.4) is 0 Å². The molecule has 0 rings (SSSR count). The minimum Gasteiger partial charge on any atom is -0.344 e. The molecule has 0 aromatic heterocycles. The average Bonchev–Trinajstić information content (AvgIpc) is 0. The fraction of sp³-hybridized carbons (Fsp3) is 0. The van der Waals surface area contributed by atoms with Crippen LogP contribution in [0, 0.1) is 0 Å². The van der Waals surface area contributed by atoms with Crippen molar-refractivity contribution in [2.75, 3.05) is 0 Å². The molecule has 4 heteroatoms. The van der Waals surface area contributed by atoms with E-state index in [1.165, 1.54) is 0 Å². The predicted molar refractivity (Wildman–Crippen MR) is 16.4 cm³/mol. The van der Waals surface area contributed by atoms with Gasteiger partial charge in [0.1, 0.15) is 0 Å². The monoisotopic (exact) mass is 156 g/mol. The predicted octanol–water partition coefficient (Wildman–Crippen LogP) is -1.29. The molecule has 3 N–H and O–H groups in total. The molecule has 0 saturated heterocycles. The van der Waals surface area contributed by atoms with Crippen LogP contribution in [-0.4, -0.2) is 11.0 Å². The van der Waals surface area contributed by atoms with E-state index in [9.17, 15) is 0 Å². The van der Waals surface area contributed by atoms with Crippen LogP contribution in [0.2, 0.25) is 0 Å². The summed E-state index contributed by atoms with van der Waals surface area (Å²) in [5, 5.41) is 0. The second-order valence-corrected chi connectivity index (χ2v) is 0. The number of rotatable bonds is 0. The maximum Gasteiger partial charge on any atom is 0 e. The summed E-state index contributed by atoms with van der Waals surface area (Å²) in [6.07, 6.45) is 0. The van der Waals surface area contributed by atoms with Crippen LogP contribution in [0.4, 0.5) is 0 Å². The van der Waals surface area contributed by atoms with E-state index in [-0.39, 0.29) is 51.5 Å². The fourth-order valence-electron chi connectivity index (χ4n) is 0. The van der Waals surface area contributed by atoms with E-state index in [1.807, 2.05) is 0 Å². The Morgan fingerprint density at radius 2 is 1.00 bits per heavy atom. The van der Waals surface area contributed by atoms with E-state index >= 15 is 0 Å². The van der Waals surface area contributed by atoms with Gasteiger partial charge in [-0.1, -0.05) is 0 Å². The van der Waals surface area contributed by atoms with Crippen molar-refractivity contribution in [1.29, 1.82) is 0 Å². The molecule has 0 aliphatic carbocycles. The summed E-state index contributed by atoms with van der Waals surface area (Å²) in [5.74, 6) is 0. The van der Waals surface area contributed by atoms with E-state index < -0.39 is 0 Å². The van der Waals surface area contributed by atoms with Gasteiger partial charge in [0, 0.05) is 34.4 Å². The molecule has 1 nitrogen and oxygen atoms in total. The van der Waals surface area contributed by atoms with Crippen LogP contribution in [-0.2, 0) is 34.4 Å². The first-order chi connectivity index (χ1) is 0. The molecular weight excluding hydrogens is 149 g/mol. The summed E-state index contributed by atoms with van der Waals surface area (Å²) in [7, 11) is 0. The molecule has 0 heterocycles. The SMILES string of the molecule is N.[Cr].[Mn].[SiH4]. The average molecular weight is 156 g/mol. The molecule has 0 aliphatic rings. The zero-order valence-electron chi connectivity index (χ0n) is 1.49. The first-order valence-corrected chi connectivity index (χ1v) is 0. The Bertz CT molecular complexity index is 8.00. The van der Waals surface area contributed by atoms with Gasteiger partial charge >= 0.3 is 0 Å². The molecule has 0 aromatic carbocycles. The van der Waals surface area contributed by atoms with Gasteiger partial charge in [0.25, 0.3) is 0 Å². The Morgan fingerprint density at radius 1 is 1.00 bits per heavy atom. The quantitative estimate of drug-likeness (QED) is 0.435. The summed E-state index contributed by atoms with van der Waals surface area (Å²) in [6.45, 7) is 0. The van der Waals surface area contributed by atoms with Crippen molar-refractivity contribution in [2.24, 2.45) is 0 Å². The van der Waals surface area contributed by atoms with Crippen LogP contribution in [0.25, 0.3) is 0 Å². The van der Waals surface area contributed by atoms with Gasteiger partial charge in [-0.15, -0.1) is 0 Å². The van der Waals surface area contributed by atoms with Gasteiger partial charge in [0.05, 0.1) is 0 Å². The van der Waals surface area contributed by atoms with Crippen LogP contribution in [0.5, 0.6) is 0 Å². The van der Waals surface area contributed by atoms with Gasteiger partial charge in [0.2, 0.25) is 0 Å². The van der Waals surface area contributed by atoms with Crippen molar-refractivity contribution < 1.29 is 34.4 Å². The standard InChI is InChI=1S/Cr.Mn.H3N.H4Si/h;;1H3;1H4. The molecule has 4 heavy (non-hydrogen) atoms. The first-order valence-electron chi connectivity index (χ1n) is 0. The Hall–Kier alpha value is 1.23. The van der Waals surface area contributed by atoms with Gasteiger partial charge in [-0.3, -0.25) is 0 Å². The molecule has 0 bridgehead atoms. The van der Waals surface area contributed by atoms with E-state index in [4.69, 9.17) is 0 Å². The minimum atomic E-state index is 0. The molecule has 0 fully saturated rings. The summed E-state index contributed by atoms with van der Waals surface area (Å²) in [6, 6.07) is 0.